The summed E-state index contributed by atoms with van der Waals surface area (Å²) in [5.41, 5.74) is 6.23. The van der Waals surface area contributed by atoms with Gasteiger partial charge in [0.25, 0.3) is 0 Å². The molecule has 0 saturated heterocycles. The molecule has 0 bridgehead atoms. The first-order chi connectivity index (χ1) is 10.0. The first kappa shape index (κ1) is 15.8. The number of primary amides is 1. The van der Waals surface area contributed by atoms with Gasteiger partial charge in [-0.25, -0.2) is 4.39 Å². The highest BCUT2D eigenvalue weighted by molar-refractivity contribution is 5.76. The maximum absolute atomic E-state index is 13.7. The summed E-state index contributed by atoms with van der Waals surface area (Å²) >= 11 is 0. The molecule has 1 aliphatic rings. The monoisotopic (exact) mass is 294 g/mol. The Morgan fingerprint density at radius 1 is 1.38 bits per heavy atom. The zero-order chi connectivity index (χ0) is 15.4. The van der Waals surface area contributed by atoms with Gasteiger partial charge in [-0.1, -0.05) is 6.07 Å². The molecule has 1 unspecified atom stereocenters. The minimum absolute atomic E-state index is 0.0109. The number of hydrogen-bond donors (Lipinski definition) is 2. The first-order valence-corrected chi connectivity index (χ1v) is 7.40. The maximum Gasteiger partial charge on any atom is 0.220 e. The number of nitrogens with one attached hydrogen (secondary N) is 1. The lowest BCUT2D eigenvalue weighted by atomic mass is 9.85. The lowest BCUT2D eigenvalue weighted by molar-refractivity contribution is -0.122. The van der Waals surface area contributed by atoms with Crippen molar-refractivity contribution in [2.24, 2.45) is 11.7 Å². The Hall–Kier alpha value is -1.62. The largest absolute Gasteiger partial charge is 0.494 e. The highest BCUT2D eigenvalue weighted by atomic mass is 19.1. The molecule has 116 valence electrons. The van der Waals surface area contributed by atoms with E-state index in [9.17, 15) is 9.18 Å². The van der Waals surface area contributed by atoms with Gasteiger partial charge in [0.2, 0.25) is 5.91 Å². The predicted octanol–water partition coefficient (Wildman–Crippen LogP) is 2.53. The molecule has 2 rings (SSSR count). The number of carbonyl (C=O) groups is 1. The third kappa shape index (κ3) is 3.94. The van der Waals surface area contributed by atoms with Gasteiger partial charge in [0.15, 0.2) is 11.6 Å². The van der Waals surface area contributed by atoms with E-state index in [-0.39, 0.29) is 29.4 Å². The van der Waals surface area contributed by atoms with Crippen LogP contribution in [0.15, 0.2) is 18.2 Å². The van der Waals surface area contributed by atoms with Crippen LogP contribution in [0.25, 0.3) is 0 Å². The molecule has 0 spiro atoms. The van der Waals surface area contributed by atoms with E-state index in [0.29, 0.717) is 6.04 Å². The van der Waals surface area contributed by atoms with E-state index in [2.05, 4.69) is 5.32 Å². The fourth-order valence-electron chi connectivity index (χ4n) is 2.95. The van der Waals surface area contributed by atoms with E-state index >= 15 is 0 Å². The highest BCUT2D eigenvalue weighted by Crippen LogP contribution is 2.27. The van der Waals surface area contributed by atoms with Gasteiger partial charge >= 0.3 is 0 Å². The Balaban J connectivity index is 1.91. The molecule has 0 aromatic heterocycles. The topological polar surface area (TPSA) is 64.3 Å². The molecule has 4 nitrogen and oxygen atoms in total. The molecule has 1 amide bonds. The van der Waals surface area contributed by atoms with Crippen LogP contribution in [0, 0.1) is 11.7 Å². The van der Waals surface area contributed by atoms with E-state index in [1.54, 1.807) is 6.07 Å². The molecule has 1 atom stereocenters. The van der Waals surface area contributed by atoms with Gasteiger partial charge in [-0.15, -0.1) is 0 Å². The van der Waals surface area contributed by atoms with Crippen molar-refractivity contribution in [1.82, 2.24) is 5.32 Å². The van der Waals surface area contributed by atoms with Gasteiger partial charge in [-0.2, -0.15) is 0 Å². The van der Waals surface area contributed by atoms with Gasteiger partial charge in [0.05, 0.1) is 7.11 Å². The van der Waals surface area contributed by atoms with Crippen molar-refractivity contribution in [2.45, 2.75) is 44.7 Å². The van der Waals surface area contributed by atoms with E-state index in [0.717, 1.165) is 31.2 Å². The number of amides is 1. The molecule has 1 aliphatic carbocycles. The molecule has 21 heavy (non-hydrogen) atoms. The van der Waals surface area contributed by atoms with Crippen molar-refractivity contribution in [3.05, 3.63) is 29.6 Å². The van der Waals surface area contributed by atoms with E-state index in [4.69, 9.17) is 10.5 Å². The second-order valence-electron chi connectivity index (χ2n) is 5.73. The van der Waals surface area contributed by atoms with Crippen LogP contribution in [0.3, 0.4) is 0 Å². The molecule has 5 heteroatoms. The van der Waals surface area contributed by atoms with Crippen LogP contribution in [0.2, 0.25) is 0 Å². The molecule has 3 N–H and O–H groups in total. The van der Waals surface area contributed by atoms with Crippen molar-refractivity contribution in [3.8, 4) is 5.75 Å². The number of rotatable bonds is 5. The molecular formula is C16H23FN2O2. The number of hydrogen-bond acceptors (Lipinski definition) is 3. The predicted molar refractivity (Wildman–Crippen MR) is 79.4 cm³/mol. The lowest BCUT2D eigenvalue weighted by Crippen LogP contribution is -2.37. The number of methoxy groups -OCH3 is 1. The Morgan fingerprint density at radius 3 is 2.57 bits per heavy atom. The average Bonchev–Trinajstić information content (AvgIpc) is 2.47. The second-order valence-corrected chi connectivity index (χ2v) is 5.73. The van der Waals surface area contributed by atoms with Gasteiger partial charge in [-0.05, 0) is 50.3 Å². The molecule has 0 aliphatic heterocycles. The molecule has 1 aromatic rings. The van der Waals surface area contributed by atoms with Gasteiger partial charge in [0, 0.05) is 18.0 Å². The average molecular weight is 294 g/mol. The smallest absolute Gasteiger partial charge is 0.220 e. The van der Waals surface area contributed by atoms with Gasteiger partial charge in [0.1, 0.15) is 0 Å². The summed E-state index contributed by atoms with van der Waals surface area (Å²) in [6, 6.07) is 5.42. The van der Waals surface area contributed by atoms with E-state index in [1.165, 1.54) is 13.2 Å². The number of ether oxygens (including phenoxy) is 1. The van der Waals surface area contributed by atoms with Gasteiger partial charge in [-0.3, -0.25) is 4.79 Å². The van der Waals surface area contributed by atoms with Crippen molar-refractivity contribution >= 4 is 5.91 Å². The third-order valence-corrected chi connectivity index (χ3v) is 4.29. The SMILES string of the molecule is COc1ccc(C(C)NC2CCC(C(N)=O)CC2)cc1F. The molecule has 1 saturated carbocycles. The van der Waals surface area contributed by atoms with Crippen molar-refractivity contribution in [3.63, 3.8) is 0 Å². The van der Waals surface area contributed by atoms with Crippen LogP contribution >= 0.6 is 0 Å². The standard InChI is InChI=1S/C16H23FN2O2/c1-10(12-5-8-15(21-2)14(17)9-12)19-13-6-3-11(4-7-13)16(18)20/h5,8-11,13,19H,3-4,6-7H2,1-2H3,(H2,18,20). The molecule has 1 fully saturated rings. The Kier molecular flexibility index (Phi) is 5.17. The molecular weight excluding hydrogens is 271 g/mol. The highest BCUT2D eigenvalue weighted by Gasteiger charge is 2.25. The zero-order valence-corrected chi connectivity index (χ0v) is 12.6. The summed E-state index contributed by atoms with van der Waals surface area (Å²) in [6.07, 6.45) is 3.51. The van der Waals surface area contributed by atoms with E-state index in [1.807, 2.05) is 13.0 Å². The number of nitrogens with two attached hydrogens (primary N) is 1. The summed E-state index contributed by atoms with van der Waals surface area (Å²) in [5, 5.41) is 3.50. The minimum atomic E-state index is -0.346. The van der Waals surface area contributed by atoms with Crippen LogP contribution < -0.4 is 15.8 Å². The fourth-order valence-corrected chi connectivity index (χ4v) is 2.95. The Morgan fingerprint density at radius 2 is 2.05 bits per heavy atom. The Bertz CT molecular complexity index is 499. The molecule has 1 aromatic carbocycles. The molecule has 0 heterocycles. The summed E-state index contributed by atoms with van der Waals surface area (Å²) in [6.45, 7) is 2.02. The van der Waals surface area contributed by atoms with Crippen LogP contribution in [0.4, 0.5) is 4.39 Å². The third-order valence-electron chi connectivity index (χ3n) is 4.29. The number of halogens is 1. The van der Waals surface area contributed by atoms with Crippen LogP contribution in [-0.4, -0.2) is 19.1 Å². The van der Waals surface area contributed by atoms with Crippen LogP contribution in [-0.2, 0) is 4.79 Å². The first-order valence-electron chi connectivity index (χ1n) is 7.40. The minimum Gasteiger partial charge on any atom is -0.494 e. The number of benzene rings is 1. The summed E-state index contributed by atoms with van der Waals surface area (Å²) < 4.78 is 18.7. The normalized spacial score (nSPS) is 23.6. The Labute approximate surface area is 124 Å². The quantitative estimate of drug-likeness (QED) is 0.877. The van der Waals surface area contributed by atoms with Crippen LogP contribution in [0.5, 0.6) is 5.75 Å². The second kappa shape index (κ2) is 6.89. The summed E-state index contributed by atoms with van der Waals surface area (Å²) in [7, 11) is 1.46. The van der Waals surface area contributed by atoms with Crippen molar-refractivity contribution in [1.29, 1.82) is 0 Å². The zero-order valence-electron chi connectivity index (χ0n) is 12.6. The number of carbonyl (C=O) groups excluding carboxylic acids is 1. The van der Waals surface area contributed by atoms with E-state index < -0.39 is 0 Å². The fraction of sp³-hybridized carbons (Fsp3) is 0.562. The summed E-state index contributed by atoms with van der Waals surface area (Å²) in [5.74, 6) is -0.274. The van der Waals surface area contributed by atoms with Gasteiger partial charge < -0.3 is 15.8 Å². The lowest BCUT2D eigenvalue weighted by Gasteiger charge is -2.30. The van der Waals surface area contributed by atoms with Crippen molar-refractivity contribution < 1.29 is 13.9 Å². The molecule has 0 radical (unpaired) electrons. The summed E-state index contributed by atoms with van der Waals surface area (Å²) in [4.78, 5) is 11.2. The van der Waals surface area contributed by atoms with Crippen LogP contribution in [0.1, 0.15) is 44.2 Å². The van der Waals surface area contributed by atoms with Crippen molar-refractivity contribution in [2.75, 3.05) is 7.11 Å². The maximum atomic E-state index is 13.7.